The van der Waals surface area contributed by atoms with Crippen molar-refractivity contribution in [1.29, 1.82) is 0 Å². The fourth-order valence-corrected chi connectivity index (χ4v) is 5.43. The molecule has 39 heavy (non-hydrogen) atoms. The van der Waals surface area contributed by atoms with Gasteiger partial charge in [0.2, 0.25) is 0 Å². The number of allylic oxidation sites excluding steroid dienone is 3. The number of carbonyl (C=O) groups excluding carboxylic acids is 2. The zero-order valence-electron chi connectivity index (χ0n) is 23.2. The van der Waals surface area contributed by atoms with Crippen molar-refractivity contribution in [3.05, 3.63) is 88.1 Å². The molecule has 202 valence electrons. The van der Waals surface area contributed by atoms with Crippen molar-refractivity contribution in [3.8, 4) is 22.4 Å². The van der Waals surface area contributed by atoms with Gasteiger partial charge in [0, 0.05) is 62.5 Å². The smallest absolute Gasteiger partial charge is 0.251 e. The average Bonchev–Trinajstić information content (AvgIpc) is 3.34. The summed E-state index contributed by atoms with van der Waals surface area (Å²) in [5, 5.41) is 7.37. The molecule has 0 unspecified atom stereocenters. The average molecular weight is 525 g/mol. The number of hydrogen-bond acceptors (Lipinski definition) is 5. The second kappa shape index (κ2) is 11.5. The number of amides is 1. The highest BCUT2D eigenvalue weighted by Crippen LogP contribution is 2.32. The van der Waals surface area contributed by atoms with Gasteiger partial charge in [0.25, 0.3) is 5.91 Å². The number of aryl methyl sites for hydroxylation is 1. The number of carbonyl (C=O) groups is 2. The van der Waals surface area contributed by atoms with Crippen LogP contribution in [-0.2, 0) is 23.1 Å². The van der Waals surface area contributed by atoms with Gasteiger partial charge < -0.3 is 10.1 Å². The summed E-state index contributed by atoms with van der Waals surface area (Å²) in [6, 6.07) is 14.6. The number of aromatic nitrogens is 2. The molecule has 7 heteroatoms. The lowest BCUT2D eigenvalue weighted by molar-refractivity contribution is -0.115. The second-order valence-electron chi connectivity index (χ2n) is 10.6. The first-order valence-electron chi connectivity index (χ1n) is 13.5. The van der Waals surface area contributed by atoms with E-state index in [1.807, 2.05) is 50.7 Å². The normalized spacial score (nSPS) is 16.4. The summed E-state index contributed by atoms with van der Waals surface area (Å²) in [7, 11) is 1.90. The van der Waals surface area contributed by atoms with Crippen LogP contribution in [0.3, 0.4) is 0 Å². The highest BCUT2D eigenvalue weighted by Gasteiger charge is 2.21. The second-order valence-corrected chi connectivity index (χ2v) is 10.6. The lowest BCUT2D eigenvalue weighted by atomic mass is 9.91. The van der Waals surface area contributed by atoms with E-state index in [4.69, 9.17) is 4.74 Å². The number of nitrogens with zero attached hydrogens (tertiary/aromatic N) is 3. The zero-order valence-corrected chi connectivity index (χ0v) is 23.2. The lowest BCUT2D eigenvalue weighted by Gasteiger charge is -2.26. The first kappa shape index (κ1) is 26.8. The molecule has 2 heterocycles. The summed E-state index contributed by atoms with van der Waals surface area (Å²) in [6.45, 7) is 10.4. The molecular weight excluding hydrogens is 488 g/mol. The third-order valence-electron chi connectivity index (χ3n) is 7.69. The number of ketones is 1. The fourth-order valence-electron chi connectivity index (χ4n) is 5.43. The van der Waals surface area contributed by atoms with Crippen molar-refractivity contribution >= 4 is 11.7 Å². The van der Waals surface area contributed by atoms with E-state index in [0.29, 0.717) is 17.6 Å². The van der Waals surface area contributed by atoms with Crippen molar-refractivity contribution in [3.63, 3.8) is 0 Å². The van der Waals surface area contributed by atoms with Crippen LogP contribution in [0.4, 0.5) is 0 Å². The Labute approximate surface area is 230 Å². The maximum Gasteiger partial charge on any atom is 0.251 e. The molecule has 1 aliphatic carbocycles. The Balaban J connectivity index is 1.45. The van der Waals surface area contributed by atoms with Crippen LogP contribution in [0.15, 0.2) is 71.5 Å². The van der Waals surface area contributed by atoms with Crippen LogP contribution in [-0.4, -0.2) is 59.2 Å². The molecule has 1 aliphatic heterocycles. The number of hydrogen-bond donors (Lipinski definition) is 1. The minimum absolute atomic E-state index is 0.0750. The van der Waals surface area contributed by atoms with E-state index in [2.05, 4.69) is 45.6 Å². The Morgan fingerprint density at radius 3 is 2.44 bits per heavy atom. The summed E-state index contributed by atoms with van der Waals surface area (Å²) in [5.74, 6) is -0.118. The number of rotatable bonds is 7. The topological polar surface area (TPSA) is 76.5 Å². The van der Waals surface area contributed by atoms with E-state index >= 15 is 0 Å². The first-order chi connectivity index (χ1) is 18.8. The minimum Gasteiger partial charge on any atom is -0.379 e. The highest BCUT2D eigenvalue weighted by atomic mass is 16.5. The number of benzene rings is 2. The monoisotopic (exact) mass is 524 g/mol. The molecule has 0 radical (unpaired) electrons. The summed E-state index contributed by atoms with van der Waals surface area (Å²) >= 11 is 0. The number of nitrogens with one attached hydrogen (secondary N) is 1. The Bertz CT molecular complexity index is 1460. The van der Waals surface area contributed by atoms with E-state index in [-0.39, 0.29) is 18.2 Å². The SMILES string of the molecule is CC1=CC(C)=C(CNC(=O)c2cc(-c3ccc(CN4CCOCC4)cc3)cc(-c3ccnn3C)c2C)C(=O)C1. The van der Waals surface area contributed by atoms with Crippen LogP contribution in [0, 0.1) is 6.92 Å². The van der Waals surface area contributed by atoms with Crippen molar-refractivity contribution in [1.82, 2.24) is 20.0 Å². The van der Waals surface area contributed by atoms with E-state index < -0.39 is 0 Å². The van der Waals surface area contributed by atoms with Crippen LogP contribution < -0.4 is 5.32 Å². The third kappa shape index (κ3) is 5.95. The number of Topliss-reactive ketones (excluding diaryl/α,β-unsaturated/α-hetero) is 1. The molecule has 1 saturated heterocycles. The van der Waals surface area contributed by atoms with Crippen LogP contribution >= 0.6 is 0 Å². The molecular formula is C32H36N4O3. The molecule has 1 amide bonds. The van der Waals surface area contributed by atoms with Crippen LogP contribution in [0.2, 0.25) is 0 Å². The maximum absolute atomic E-state index is 13.6. The fraction of sp³-hybridized carbons (Fsp3) is 0.344. The third-order valence-corrected chi connectivity index (χ3v) is 7.69. The van der Waals surface area contributed by atoms with Crippen molar-refractivity contribution in [2.24, 2.45) is 7.05 Å². The van der Waals surface area contributed by atoms with Gasteiger partial charge in [-0.25, -0.2) is 0 Å². The van der Waals surface area contributed by atoms with Gasteiger partial charge in [-0.2, -0.15) is 5.10 Å². The Kier molecular flexibility index (Phi) is 7.91. The molecule has 0 spiro atoms. The largest absolute Gasteiger partial charge is 0.379 e. The maximum atomic E-state index is 13.6. The molecule has 2 aliphatic rings. The van der Waals surface area contributed by atoms with E-state index in [1.54, 1.807) is 6.20 Å². The highest BCUT2D eigenvalue weighted by molar-refractivity contribution is 6.02. The standard InChI is InChI=1S/C32H36N4O3/c1-21-15-22(2)29(31(37)16-21)19-33-32(38)28-18-26(17-27(23(28)3)30-9-10-34-35(30)4)25-7-5-24(6-8-25)20-36-11-13-39-14-12-36/h5-10,15,17-18H,11-14,16,19-20H2,1-4H3,(H,33,38). The summed E-state index contributed by atoms with van der Waals surface area (Å²) in [4.78, 5) is 28.6. The Hall–Kier alpha value is -3.81. The van der Waals surface area contributed by atoms with Crippen LogP contribution in [0.25, 0.3) is 22.4 Å². The Morgan fingerprint density at radius 1 is 1.03 bits per heavy atom. The van der Waals surface area contributed by atoms with Crippen molar-refractivity contribution in [2.75, 3.05) is 32.8 Å². The molecule has 1 N–H and O–H groups in total. The van der Waals surface area contributed by atoms with Gasteiger partial charge in [-0.1, -0.05) is 35.9 Å². The van der Waals surface area contributed by atoms with Crippen LogP contribution in [0.5, 0.6) is 0 Å². The van der Waals surface area contributed by atoms with Crippen LogP contribution in [0.1, 0.15) is 41.8 Å². The van der Waals surface area contributed by atoms with Gasteiger partial charge in [0.05, 0.1) is 18.9 Å². The summed E-state index contributed by atoms with van der Waals surface area (Å²) in [5.41, 5.74) is 9.26. The Morgan fingerprint density at radius 2 is 1.77 bits per heavy atom. The van der Waals surface area contributed by atoms with Gasteiger partial charge in [-0.3, -0.25) is 19.2 Å². The van der Waals surface area contributed by atoms with Gasteiger partial charge in [-0.05, 0) is 66.8 Å². The number of ether oxygens (including phenoxy) is 1. The van der Waals surface area contributed by atoms with E-state index in [9.17, 15) is 9.59 Å². The molecule has 1 fully saturated rings. The van der Waals surface area contributed by atoms with E-state index in [0.717, 1.165) is 71.9 Å². The molecule has 0 atom stereocenters. The van der Waals surface area contributed by atoms with Gasteiger partial charge in [0.15, 0.2) is 5.78 Å². The van der Waals surface area contributed by atoms with Gasteiger partial charge in [-0.15, -0.1) is 0 Å². The van der Waals surface area contributed by atoms with Crippen molar-refractivity contribution < 1.29 is 14.3 Å². The zero-order chi connectivity index (χ0) is 27.5. The van der Waals surface area contributed by atoms with Crippen molar-refractivity contribution in [2.45, 2.75) is 33.7 Å². The first-order valence-corrected chi connectivity index (χ1v) is 13.5. The van der Waals surface area contributed by atoms with Gasteiger partial charge in [0.1, 0.15) is 0 Å². The van der Waals surface area contributed by atoms with Gasteiger partial charge >= 0.3 is 0 Å². The lowest BCUT2D eigenvalue weighted by Crippen LogP contribution is -2.35. The summed E-state index contributed by atoms with van der Waals surface area (Å²) < 4.78 is 7.29. The van der Waals surface area contributed by atoms with E-state index in [1.165, 1.54) is 5.56 Å². The molecule has 0 bridgehead atoms. The molecule has 0 saturated carbocycles. The molecule has 3 aromatic rings. The quantitative estimate of drug-likeness (QED) is 0.478. The number of morpholine rings is 1. The molecule has 7 nitrogen and oxygen atoms in total. The molecule has 2 aromatic carbocycles. The molecule has 5 rings (SSSR count). The summed E-state index contributed by atoms with van der Waals surface area (Å²) in [6.07, 6.45) is 4.20. The predicted octanol–water partition coefficient (Wildman–Crippen LogP) is 4.86. The predicted molar refractivity (Wildman–Crippen MR) is 153 cm³/mol. The molecule has 1 aromatic heterocycles. The minimum atomic E-state index is -0.193.